The zero-order valence-corrected chi connectivity index (χ0v) is 13.0. The number of ether oxygens (including phenoxy) is 1. The van der Waals surface area contributed by atoms with Gasteiger partial charge in [-0.25, -0.2) is 18.2 Å². The van der Waals surface area contributed by atoms with Crippen molar-refractivity contribution in [3.8, 4) is 0 Å². The molecule has 1 saturated heterocycles. The molecule has 8 nitrogen and oxygen atoms in total. The smallest absolute Gasteiger partial charge is 0.328 e. The Hall–Kier alpha value is -1.52. The molecule has 1 unspecified atom stereocenters. The number of sulfonamides is 1. The number of benzene rings is 1. The van der Waals surface area contributed by atoms with E-state index in [1.807, 2.05) is 0 Å². The Kier molecular flexibility index (Phi) is 4.83. The van der Waals surface area contributed by atoms with Crippen LogP contribution < -0.4 is 10.6 Å². The first-order valence-electron chi connectivity index (χ1n) is 6.72. The lowest BCUT2D eigenvalue weighted by atomic mass is 9.93. The van der Waals surface area contributed by atoms with E-state index < -0.39 is 21.5 Å². The summed E-state index contributed by atoms with van der Waals surface area (Å²) in [5, 5.41) is 10.8. The predicted octanol–water partition coefficient (Wildman–Crippen LogP) is -0.529. The lowest BCUT2D eigenvalue weighted by Crippen LogP contribution is -2.49. The molecule has 1 heterocycles. The zero-order valence-electron chi connectivity index (χ0n) is 12.2. The molecule has 1 atom stereocenters. The summed E-state index contributed by atoms with van der Waals surface area (Å²) < 4.78 is 30.3. The minimum absolute atomic E-state index is 0.0308. The molecular weight excluding hydrogens is 310 g/mol. The molecule has 122 valence electrons. The zero-order chi connectivity index (χ0) is 16.4. The van der Waals surface area contributed by atoms with E-state index in [-0.39, 0.29) is 10.5 Å². The highest BCUT2D eigenvalue weighted by Gasteiger charge is 2.36. The van der Waals surface area contributed by atoms with Gasteiger partial charge in [0.05, 0.1) is 18.1 Å². The Balaban J connectivity index is 2.37. The predicted molar refractivity (Wildman–Crippen MR) is 78.3 cm³/mol. The van der Waals surface area contributed by atoms with Gasteiger partial charge in [0.1, 0.15) is 5.54 Å². The summed E-state index contributed by atoms with van der Waals surface area (Å²) in [7, 11) is -3.93. The van der Waals surface area contributed by atoms with Crippen molar-refractivity contribution in [1.82, 2.24) is 9.84 Å². The molecule has 0 aliphatic carbocycles. The lowest BCUT2D eigenvalue weighted by molar-refractivity contribution is -0.143. The molecule has 9 heteroatoms. The van der Waals surface area contributed by atoms with Crippen LogP contribution in [-0.2, 0) is 25.1 Å². The van der Waals surface area contributed by atoms with Crippen LogP contribution >= 0.6 is 0 Å². The molecule has 0 radical (unpaired) electrons. The van der Waals surface area contributed by atoms with Gasteiger partial charge < -0.3 is 15.6 Å². The second-order valence-corrected chi connectivity index (χ2v) is 6.83. The summed E-state index contributed by atoms with van der Waals surface area (Å²) in [5.74, 6) is -1.30. The number of carboxylic acid groups (broad SMARTS) is 1. The van der Waals surface area contributed by atoms with Gasteiger partial charge in [-0.2, -0.15) is 0 Å². The van der Waals surface area contributed by atoms with Crippen LogP contribution in [0, 0.1) is 0 Å². The van der Waals surface area contributed by atoms with E-state index in [0.717, 1.165) is 0 Å². The molecule has 1 aromatic rings. The summed E-state index contributed by atoms with van der Waals surface area (Å²) in [5.41, 5.74) is 4.01. The number of hydrogen-bond donors (Lipinski definition) is 3. The van der Waals surface area contributed by atoms with Gasteiger partial charge in [-0.3, -0.25) is 0 Å². The van der Waals surface area contributed by atoms with Gasteiger partial charge in [-0.15, -0.1) is 4.83 Å². The highest BCUT2D eigenvalue weighted by Crippen LogP contribution is 2.26. The normalized spacial score (nSPS) is 19.5. The number of rotatable bonds is 5. The van der Waals surface area contributed by atoms with Crippen LogP contribution in [0.3, 0.4) is 0 Å². The molecule has 0 saturated carbocycles. The van der Waals surface area contributed by atoms with Crippen LogP contribution in [0.2, 0.25) is 0 Å². The number of nitrogens with two attached hydrogens (primary N) is 1. The van der Waals surface area contributed by atoms with Gasteiger partial charge in [0.25, 0.3) is 10.0 Å². The van der Waals surface area contributed by atoms with Gasteiger partial charge in [0.2, 0.25) is 0 Å². The maximum absolute atomic E-state index is 12.5. The summed E-state index contributed by atoms with van der Waals surface area (Å²) in [6.45, 7) is 2.95. The minimum Gasteiger partial charge on any atom is -0.480 e. The minimum atomic E-state index is -3.93. The Morgan fingerprint density at radius 2 is 1.95 bits per heavy atom. The van der Waals surface area contributed by atoms with E-state index >= 15 is 0 Å². The number of hydrogen-bond acceptors (Lipinski definition) is 6. The van der Waals surface area contributed by atoms with Crippen LogP contribution in [0.4, 0.5) is 0 Å². The number of carbonyl (C=O) groups is 1. The Morgan fingerprint density at radius 3 is 2.55 bits per heavy atom. The Bertz CT molecular complexity index is 653. The van der Waals surface area contributed by atoms with Gasteiger partial charge in [0.15, 0.2) is 0 Å². The number of nitrogens with zero attached hydrogens (tertiary/aromatic N) is 1. The van der Waals surface area contributed by atoms with Crippen LogP contribution in [0.5, 0.6) is 0 Å². The maximum atomic E-state index is 12.5. The van der Waals surface area contributed by atoms with Crippen LogP contribution in [-0.4, -0.2) is 50.8 Å². The average Bonchev–Trinajstić information content (AvgIpc) is 2.47. The fraction of sp³-hybridized carbons (Fsp3) is 0.462. The number of aliphatic carboxylic acids is 1. The van der Waals surface area contributed by atoms with E-state index in [1.54, 1.807) is 6.07 Å². The lowest BCUT2D eigenvalue weighted by Gasteiger charge is -2.28. The van der Waals surface area contributed by atoms with E-state index in [4.69, 9.17) is 10.5 Å². The molecular formula is C13H19N3O5S. The van der Waals surface area contributed by atoms with E-state index in [2.05, 4.69) is 4.83 Å². The number of hydrazine groups is 1. The molecule has 0 amide bonds. The van der Waals surface area contributed by atoms with E-state index in [9.17, 15) is 18.3 Å². The molecule has 4 N–H and O–H groups in total. The first kappa shape index (κ1) is 16.8. The van der Waals surface area contributed by atoms with Crippen molar-refractivity contribution in [3.05, 3.63) is 29.8 Å². The second-order valence-electron chi connectivity index (χ2n) is 5.20. The van der Waals surface area contributed by atoms with Crippen molar-refractivity contribution in [1.29, 1.82) is 0 Å². The van der Waals surface area contributed by atoms with Gasteiger partial charge in [-0.1, -0.05) is 18.2 Å². The van der Waals surface area contributed by atoms with Gasteiger partial charge in [-0.05, 0) is 13.0 Å². The van der Waals surface area contributed by atoms with Crippen molar-refractivity contribution in [2.75, 3.05) is 26.3 Å². The fourth-order valence-electron chi connectivity index (χ4n) is 2.12. The van der Waals surface area contributed by atoms with Crippen molar-refractivity contribution in [2.45, 2.75) is 17.4 Å². The molecule has 0 spiro atoms. The molecule has 22 heavy (non-hydrogen) atoms. The molecule has 1 aliphatic rings. The van der Waals surface area contributed by atoms with Crippen molar-refractivity contribution in [2.24, 2.45) is 5.73 Å². The van der Waals surface area contributed by atoms with E-state index in [0.29, 0.717) is 26.3 Å². The average molecular weight is 329 g/mol. The third-order valence-corrected chi connectivity index (χ3v) is 4.87. The highest BCUT2D eigenvalue weighted by molar-refractivity contribution is 7.89. The third-order valence-electron chi connectivity index (χ3n) is 3.44. The van der Waals surface area contributed by atoms with Gasteiger partial charge >= 0.3 is 5.97 Å². The largest absolute Gasteiger partial charge is 0.480 e. The summed E-state index contributed by atoms with van der Waals surface area (Å²) in [4.78, 5) is 13.6. The summed E-state index contributed by atoms with van der Waals surface area (Å²) in [6, 6.07) is 5.82. The molecule has 1 fully saturated rings. The summed E-state index contributed by atoms with van der Waals surface area (Å²) in [6.07, 6.45) is 0. The Morgan fingerprint density at radius 1 is 1.36 bits per heavy atom. The molecule has 0 bridgehead atoms. The van der Waals surface area contributed by atoms with Crippen molar-refractivity contribution >= 4 is 16.0 Å². The Labute approximate surface area is 128 Å². The first-order valence-corrected chi connectivity index (χ1v) is 8.20. The maximum Gasteiger partial charge on any atom is 0.328 e. The fourth-order valence-corrected chi connectivity index (χ4v) is 3.57. The van der Waals surface area contributed by atoms with Crippen LogP contribution in [0.1, 0.15) is 12.5 Å². The van der Waals surface area contributed by atoms with Crippen LogP contribution in [0.15, 0.2) is 29.2 Å². The number of nitrogens with one attached hydrogen (secondary N) is 1. The quantitative estimate of drug-likeness (QED) is 0.664. The molecule has 2 rings (SSSR count). The first-order chi connectivity index (χ1) is 10.2. The molecule has 1 aromatic carbocycles. The monoisotopic (exact) mass is 329 g/mol. The number of morpholine rings is 1. The van der Waals surface area contributed by atoms with Crippen LogP contribution in [0.25, 0.3) is 0 Å². The highest BCUT2D eigenvalue weighted by atomic mass is 32.2. The standard InChI is InChI=1S/C13H19N3O5S/c1-13(14,12(17)18)10-4-2-3-5-11(10)22(19,20)15-16-6-8-21-9-7-16/h2-5,15H,6-9,14H2,1H3,(H,17,18). The summed E-state index contributed by atoms with van der Waals surface area (Å²) >= 11 is 0. The third kappa shape index (κ3) is 3.45. The van der Waals surface area contributed by atoms with E-state index in [1.165, 1.54) is 30.1 Å². The second kappa shape index (κ2) is 6.31. The molecule has 1 aliphatic heterocycles. The van der Waals surface area contributed by atoms with Crippen molar-refractivity contribution in [3.63, 3.8) is 0 Å². The van der Waals surface area contributed by atoms with Crippen molar-refractivity contribution < 1.29 is 23.1 Å². The SMILES string of the molecule is CC(N)(C(=O)O)c1ccccc1S(=O)(=O)NN1CCOCC1. The molecule has 0 aromatic heterocycles. The number of carboxylic acids is 1. The topological polar surface area (TPSA) is 122 Å². The van der Waals surface area contributed by atoms with Gasteiger partial charge in [0, 0.05) is 18.7 Å².